The number of primary amides is 1. The standard InChI is InChI=1S/C10H20N2O4.C9H16O.C2H6.2H2/c1-8(2)16-5-3-10(14)12-4-6-15-7-9(11)13;1-2-9(10)8-6-4-3-5-7-8;1-2;;/h8H,3-7H2,1-2H3,(H2,11,13)(H,12,14);8H,2-7H2,1H3;1-2H3;2*1H. The molecule has 28 heavy (non-hydrogen) atoms. The van der Waals surface area contributed by atoms with E-state index in [-0.39, 0.29) is 28.1 Å². The number of carbonyl (C=O) groups is 3. The van der Waals surface area contributed by atoms with Crippen molar-refractivity contribution < 1.29 is 26.7 Å². The van der Waals surface area contributed by atoms with Gasteiger partial charge in [-0.15, -0.1) is 0 Å². The smallest absolute Gasteiger partial charge is 0.243 e. The van der Waals surface area contributed by atoms with Crippen LogP contribution in [0.1, 0.15) is 82.4 Å². The third-order valence-electron chi connectivity index (χ3n) is 4.00. The van der Waals surface area contributed by atoms with Gasteiger partial charge in [-0.1, -0.05) is 40.0 Å². The molecule has 0 bridgehead atoms. The summed E-state index contributed by atoms with van der Waals surface area (Å²) >= 11 is 0. The molecule has 0 unspecified atom stereocenters. The van der Waals surface area contributed by atoms with Crippen molar-refractivity contribution in [3.05, 3.63) is 0 Å². The Morgan fingerprint density at radius 3 is 2.21 bits per heavy atom. The quantitative estimate of drug-likeness (QED) is 0.511. The third kappa shape index (κ3) is 19.3. The summed E-state index contributed by atoms with van der Waals surface area (Å²) in [6.07, 6.45) is 7.41. The Balaban J connectivity index is -0.000000209. The highest BCUT2D eigenvalue weighted by Crippen LogP contribution is 2.24. The first kappa shape index (κ1) is 28.7. The first-order valence-corrected chi connectivity index (χ1v) is 10.6. The van der Waals surface area contributed by atoms with E-state index < -0.39 is 5.91 Å². The molecule has 0 spiro atoms. The van der Waals surface area contributed by atoms with E-state index in [1.54, 1.807) is 0 Å². The van der Waals surface area contributed by atoms with Gasteiger partial charge in [-0.05, 0) is 26.7 Å². The minimum absolute atomic E-state index is 0. The van der Waals surface area contributed by atoms with Gasteiger partial charge >= 0.3 is 0 Å². The van der Waals surface area contributed by atoms with Gasteiger partial charge in [-0.3, -0.25) is 14.4 Å². The van der Waals surface area contributed by atoms with Crippen LogP contribution in [-0.4, -0.2) is 50.1 Å². The van der Waals surface area contributed by atoms with Gasteiger partial charge < -0.3 is 20.5 Å². The Kier molecular flexibility index (Phi) is 20.8. The second kappa shape index (κ2) is 20.3. The summed E-state index contributed by atoms with van der Waals surface area (Å²) in [5.74, 6) is 0.304. The molecule has 2 amide bonds. The minimum Gasteiger partial charge on any atom is -0.378 e. The fourth-order valence-corrected chi connectivity index (χ4v) is 2.62. The maximum absolute atomic E-state index is 11.2. The maximum atomic E-state index is 11.2. The predicted octanol–water partition coefficient (Wildman–Crippen LogP) is 3.48. The van der Waals surface area contributed by atoms with E-state index in [2.05, 4.69) is 5.32 Å². The van der Waals surface area contributed by atoms with Crippen LogP contribution in [0.2, 0.25) is 0 Å². The number of Topliss-reactive ketones (excluding diaryl/α,β-unsaturated/α-hetero) is 1. The molecule has 0 aromatic carbocycles. The molecular weight excluding hydrogens is 360 g/mol. The van der Waals surface area contributed by atoms with Gasteiger partial charge in [-0.2, -0.15) is 0 Å². The van der Waals surface area contributed by atoms with Gasteiger partial charge in [0.05, 0.1) is 19.3 Å². The van der Waals surface area contributed by atoms with Crippen LogP contribution in [-0.2, 0) is 23.9 Å². The van der Waals surface area contributed by atoms with Gasteiger partial charge in [0.25, 0.3) is 0 Å². The van der Waals surface area contributed by atoms with Crippen molar-refractivity contribution in [1.82, 2.24) is 5.32 Å². The number of rotatable bonds is 11. The number of ether oxygens (including phenoxy) is 2. The van der Waals surface area contributed by atoms with E-state index in [0.29, 0.717) is 31.3 Å². The predicted molar refractivity (Wildman–Crippen MR) is 116 cm³/mol. The summed E-state index contributed by atoms with van der Waals surface area (Å²) in [5.41, 5.74) is 4.86. The number of carbonyl (C=O) groups excluding carboxylic acids is 3. The minimum atomic E-state index is -0.517. The van der Waals surface area contributed by atoms with Crippen molar-refractivity contribution in [2.75, 3.05) is 26.4 Å². The van der Waals surface area contributed by atoms with Gasteiger partial charge in [0.1, 0.15) is 12.4 Å². The molecule has 0 atom stereocenters. The fraction of sp³-hybridized carbons (Fsp3) is 0.857. The van der Waals surface area contributed by atoms with Gasteiger partial charge in [-0.25, -0.2) is 0 Å². The summed E-state index contributed by atoms with van der Waals surface area (Å²) in [7, 11) is 0. The van der Waals surface area contributed by atoms with Crippen molar-refractivity contribution >= 4 is 17.6 Å². The zero-order valence-corrected chi connectivity index (χ0v) is 18.6. The van der Waals surface area contributed by atoms with Crippen LogP contribution in [0.15, 0.2) is 0 Å². The molecule has 0 radical (unpaired) electrons. The summed E-state index contributed by atoms with van der Waals surface area (Å²) in [5, 5.41) is 2.63. The number of nitrogens with two attached hydrogens (primary N) is 1. The molecule has 1 aliphatic rings. The molecule has 7 heteroatoms. The molecule has 0 saturated heterocycles. The highest BCUT2D eigenvalue weighted by Gasteiger charge is 2.18. The lowest BCUT2D eigenvalue weighted by atomic mass is 9.85. The molecule has 0 heterocycles. The lowest BCUT2D eigenvalue weighted by Crippen LogP contribution is -2.29. The van der Waals surface area contributed by atoms with E-state index in [1.807, 2.05) is 34.6 Å². The normalized spacial score (nSPS) is 13.6. The average Bonchev–Trinajstić information content (AvgIpc) is 2.69. The molecule has 1 rings (SSSR count). The molecule has 1 aliphatic carbocycles. The van der Waals surface area contributed by atoms with Crippen molar-refractivity contribution in [2.45, 2.75) is 85.7 Å². The molecular formula is C21H46N2O5. The summed E-state index contributed by atoms with van der Waals surface area (Å²) in [4.78, 5) is 32.6. The molecule has 3 N–H and O–H groups in total. The van der Waals surface area contributed by atoms with Crippen molar-refractivity contribution in [2.24, 2.45) is 11.7 Å². The Morgan fingerprint density at radius 2 is 1.71 bits per heavy atom. The summed E-state index contributed by atoms with van der Waals surface area (Å²) in [6, 6.07) is 0. The third-order valence-corrected chi connectivity index (χ3v) is 4.00. The van der Waals surface area contributed by atoms with Crippen molar-refractivity contribution in [3.63, 3.8) is 0 Å². The van der Waals surface area contributed by atoms with Crippen LogP contribution >= 0.6 is 0 Å². The second-order valence-corrected chi connectivity index (χ2v) is 6.69. The lowest BCUT2D eigenvalue weighted by molar-refractivity contribution is -0.124. The van der Waals surface area contributed by atoms with E-state index in [9.17, 15) is 14.4 Å². The molecule has 1 fully saturated rings. The molecule has 0 aliphatic heterocycles. The zero-order chi connectivity index (χ0) is 21.8. The number of nitrogens with one attached hydrogen (secondary N) is 1. The topological polar surface area (TPSA) is 108 Å². The monoisotopic (exact) mass is 406 g/mol. The first-order valence-electron chi connectivity index (χ1n) is 10.6. The lowest BCUT2D eigenvalue weighted by Gasteiger charge is -2.19. The Morgan fingerprint density at radius 1 is 1.11 bits per heavy atom. The fourth-order valence-electron chi connectivity index (χ4n) is 2.62. The van der Waals surface area contributed by atoms with Gasteiger partial charge in [0.15, 0.2) is 0 Å². The van der Waals surface area contributed by atoms with E-state index in [0.717, 1.165) is 19.3 Å². The Labute approximate surface area is 174 Å². The maximum Gasteiger partial charge on any atom is 0.243 e. The summed E-state index contributed by atoms with van der Waals surface area (Å²) in [6.45, 7) is 10.7. The number of hydrogen-bond acceptors (Lipinski definition) is 5. The average molecular weight is 407 g/mol. The number of hydrogen-bond donors (Lipinski definition) is 2. The van der Waals surface area contributed by atoms with Crippen LogP contribution in [0.4, 0.5) is 0 Å². The molecule has 0 aromatic rings. The van der Waals surface area contributed by atoms with Crippen LogP contribution < -0.4 is 11.1 Å². The van der Waals surface area contributed by atoms with Crippen LogP contribution in [0, 0.1) is 5.92 Å². The highest BCUT2D eigenvalue weighted by molar-refractivity contribution is 5.80. The zero-order valence-electron chi connectivity index (χ0n) is 18.6. The Hall–Kier alpha value is -1.47. The van der Waals surface area contributed by atoms with Crippen LogP contribution in [0.3, 0.4) is 0 Å². The first-order chi connectivity index (χ1) is 13.4. The number of ketones is 1. The highest BCUT2D eigenvalue weighted by atomic mass is 16.5. The van der Waals surface area contributed by atoms with Gasteiger partial charge in [0, 0.05) is 28.2 Å². The van der Waals surface area contributed by atoms with Crippen molar-refractivity contribution in [3.8, 4) is 0 Å². The second-order valence-electron chi connectivity index (χ2n) is 6.69. The van der Waals surface area contributed by atoms with Gasteiger partial charge in [0.2, 0.25) is 11.8 Å². The molecule has 0 aromatic heterocycles. The van der Waals surface area contributed by atoms with Crippen LogP contribution in [0.25, 0.3) is 0 Å². The molecule has 170 valence electrons. The van der Waals surface area contributed by atoms with E-state index in [1.165, 1.54) is 19.3 Å². The van der Waals surface area contributed by atoms with E-state index in [4.69, 9.17) is 15.2 Å². The largest absolute Gasteiger partial charge is 0.378 e. The molecule has 1 saturated carbocycles. The van der Waals surface area contributed by atoms with Crippen molar-refractivity contribution in [1.29, 1.82) is 0 Å². The SMILES string of the molecule is CC.CC(C)OCCC(=O)NCCOCC(N)=O.CCC(=O)C1CCCCC1.[HH].[HH]. The Bertz CT molecular complexity index is 418. The number of amides is 2. The molecule has 7 nitrogen and oxygen atoms in total. The summed E-state index contributed by atoms with van der Waals surface area (Å²) < 4.78 is 10.1. The van der Waals surface area contributed by atoms with Crippen LogP contribution in [0.5, 0.6) is 0 Å². The van der Waals surface area contributed by atoms with E-state index >= 15 is 0 Å².